The normalized spacial score (nSPS) is 11.6. The highest BCUT2D eigenvalue weighted by Gasteiger charge is 2.17. The van der Waals surface area contributed by atoms with E-state index in [-0.39, 0.29) is 0 Å². The van der Waals surface area contributed by atoms with Gasteiger partial charge in [0.1, 0.15) is 11.3 Å². The van der Waals surface area contributed by atoms with Gasteiger partial charge in [-0.2, -0.15) is 5.10 Å². The van der Waals surface area contributed by atoms with E-state index in [9.17, 15) is 0 Å². The van der Waals surface area contributed by atoms with Crippen LogP contribution in [0.5, 0.6) is 0 Å². The van der Waals surface area contributed by atoms with Crippen LogP contribution in [0, 0.1) is 6.92 Å². The number of nitrogens with zero attached hydrogens (tertiary/aromatic N) is 4. The van der Waals surface area contributed by atoms with Crippen molar-refractivity contribution < 1.29 is 0 Å². The number of thiophene rings is 1. The number of aromatic nitrogens is 4. The number of aryl methyl sites for hydroxylation is 4. The molecule has 4 nitrogen and oxygen atoms in total. The van der Waals surface area contributed by atoms with E-state index in [1.54, 1.807) is 11.3 Å². The molecule has 3 heterocycles. The van der Waals surface area contributed by atoms with E-state index >= 15 is 0 Å². The molecule has 0 spiro atoms. The molecule has 0 saturated heterocycles. The fourth-order valence-electron chi connectivity index (χ4n) is 2.54. The number of imidazole rings is 1. The minimum absolute atomic E-state index is 0.406. The van der Waals surface area contributed by atoms with Crippen LogP contribution in [-0.2, 0) is 25.4 Å². The molecule has 0 aliphatic rings. The summed E-state index contributed by atoms with van der Waals surface area (Å²) in [4.78, 5) is 5.91. The molecule has 0 aliphatic carbocycles. The zero-order valence-electron chi connectivity index (χ0n) is 11.9. The second-order valence-electron chi connectivity index (χ2n) is 4.84. The molecule has 21 heavy (non-hydrogen) atoms. The van der Waals surface area contributed by atoms with E-state index in [2.05, 4.69) is 27.6 Å². The topological polar surface area (TPSA) is 35.6 Å². The number of hydrogen-bond acceptors (Lipinski definition) is 3. The molecule has 0 aliphatic heterocycles. The molecule has 7 heteroatoms. The lowest BCUT2D eigenvalue weighted by atomic mass is 10.3. The second-order valence-corrected chi connectivity index (χ2v) is 6.91. The van der Waals surface area contributed by atoms with Gasteiger partial charge >= 0.3 is 0 Å². The first-order valence-corrected chi connectivity index (χ1v) is 8.59. The number of halogens is 2. The van der Waals surface area contributed by atoms with Crippen molar-refractivity contribution in [2.75, 3.05) is 0 Å². The van der Waals surface area contributed by atoms with Gasteiger partial charge in [-0.05, 0) is 32.4 Å². The Labute approximate surface area is 137 Å². The number of alkyl halides is 1. The number of rotatable bonds is 5. The quantitative estimate of drug-likeness (QED) is 0.649. The van der Waals surface area contributed by atoms with Gasteiger partial charge in [0.15, 0.2) is 5.65 Å². The molecular formula is C14H16Cl2N4S. The predicted octanol–water partition coefficient (Wildman–Crippen LogP) is 4.26. The minimum atomic E-state index is 0.406. The molecule has 3 rings (SSSR count). The van der Waals surface area contributed by atoms with E-state index in [1.165, 1.54) is 4.88 Å². The van der Waals surface area contributed by atoms with Gasteiger partial charge in [0.2, 0.25) is 0 Å². The molecule has 0 N–H and O–H groups in total. The third-order valence-corrected chi connectivity index (χ3v) is 5.04. The summed E-state index contributed by atoms with van der Waals surface area (Å²) >= 11 is 13.7. The average molecular weight is 343 g/mol. The van der Waals surface area contributed by atoms with Crippen molar-refractivity contribution in [1.29, 1.82) is 0 Å². The summed E-state index contributed by atoms with van der Waals surface area (Å²) in [5, 5.41) is 4.54. The largest absolute Gasteiger partial charge is 0.312 e. The molecule has 0 saturated carbocycles. The Hall–Kier alpha value is -1.04. The van der Waals surface area contributed by atoms with Crippen LogP contribution in [0.1, 0.15) is 23.3 Å². The minimum Gasteiger partial charge on any atom is -0.312 e. The van der Waals surface area contributed by atoms with Crippen LogP contribution in [0.4, 0.5) is 0 Å². The van der Waals surface area contributed by atoms with Gasteiger partial charge < -0.3 is 4.57 Å². The van der Waals surface area contributed by atoms with Crippen molar-refractivity contribution >= 4 is 45.7 Å². The third kappa shape index (κ3) is 2.70. The van der Waals surface area contributed by atoms with Crippen LogP contribution in [0.3, 0.4) is 0 Å². The zero-order chi connectivity index (χ0) is 15.0. The average Bonchev–Trinajstić information content (AvgIpc) is 3.12. The summed E-state index contributed by atoms with van der Waals surface area (Å²) in [6.45, 7) is 5.73. The van der Waals surface area contributed by atoms with Gasteiger partial charge in [-0.15, -0.1) is 22.9 Å². The molecule has 3 aromatic heterocycles. The molecule has 3 aromatic rings. The van der Waals surface area contributed by atoms with Crippen molar-refractivity contribution in [1.82, 2.24) is 19.3 Å². The van der Waals surface area contributed by atoms with Crippen molar-refractivity contribution in [3.8, 4) is 0 Å². The van der Waals surface area contributed by atoms with Crippen LogP contribution >= 0.6 is 34.5 Å². The van der Waals surface area contributed by atoms with Gasteiger partial charge in [0.25, 0.3) is 0 Å². The number of fused-ring (bicyclic) bond motifs is 1. The van der Waals surface area contributed by atoms with Gasteiger partial charge in [-0.25, -0.2) is 9.67 Å². The summed E-state index contributed by atoms with van der Waals surface area (Å²) in [5.74, 6) is 1.31. The summed E-state index contributed by atoms with van der Waals surface area (Å²) in [6.07, 6.45) is 0.917. The van der Waals surface area contributed by atoms with E-state index in [1.807, 2.05) is 17.7 Å². The Morgan fingerprint density at radius 2 is 2.14 bits per heavy atom. The maximum Gasteiger partial charge on any atom is 0.158 e. The molecular weight excluding hydrogens is 327 g/mol. The Balaban J connectivity index is 1.99. The van der Waals surface area contributed by atoms with Gasteiger partial charge in [0, 0.05) is 18.0 Å². The molecule has 0 fully saturated rings. The summed E-state index contributed by atoms with van der Waals surface area (Å²) in [5.41, 5.74) is 2.97. The predicted molar refractivity (Wildman–Crippen MR) is 88.5 cm³/mol. The highest BCUT2D eigenvalue weighted by molar-refractivity contribution is 7.16. The molecule has 0 atom stereocenters. The van der Waals surface area contributed by atoms with Crippen LogP contribution in [-0.4, -0.2) is 19.3 Å². The maximum absolute atomic E-state index is 6.06. The lowest BCUT2D eigenvalue weighted by Crippen LogP contribution is -2.09. The first kappa shape index (κ1) is 14.9. The van der Waals surface area contributed by atoms with E-state index in [0.29, 0.717) is 5.88 Å². The van der Waals surface area contributed by atoms with Crippen molar-refractivity contribution in [2.24, 2.45) is 0 Å². The number of hydrogen-bond donors (Lipinski definition) is 0. The van der Waals surface area contributed by atoms with Crippen LogP contribution < -0.4 is 0 Å². The lowest BCUT2D eigenvalue weighted by Gasteiger charge is -2.08. The monoisotopic (exact) mass is 342 g/mol. The molecule has 0 bridgehead atoms. The summed E-state index contributed by atoms with van der Waals surface area (Å²) in [7, 11) is 0. The fraction of sp³-hybridized carbons (Fsp3) is 0.429. The highest BCUT2D eigenvalue weighted by Crippen LogP contribution is 2.25. The van der Waals surface area contributed by atoms with Crippen molar-refractivity contribution in [3.05, 3.63) is 32.9 Å². The molecule has 0 radical (unpaired) electrons. The molecule has 0 aromatic carbocycles. The van der Waals surface area contributed by atoms with Crippen LogP contribution in [0.2, 0.25) is 4.34 Å². The van der Waals surface area contributed by atoms with Crippen molar-refractivity contribution in [3.63, 3.8) is 0 Å². The standard InChI is InChI=1S/C14H16Cl2N4S/c1-3-20-14-13(9(2)18-20)17-12(8-15)19(14)7-6-10-4-5-11(16)21-10/h4-5H,3,6-8H2,1-2H3. The van der Waals surface area contributed by atoms with E-state index < -0.39 is 0 Å². The Morgan fingerprint density at radius 3 is 2.76 bits per heavy atom. The highest BCUT2D eigenvalue weighted by atomic mass is 35.5. The zero-order valence-corrected chi connectivity index (χ0v) is 14.3. The summed E-state index contributed by atoms with van der Waals surface area (Å²) < 4.78 is 5.00. The van der Waals surface area contributed by atoms with E-state index in [4.69, 9.17) is 23.2 Å². The van der Waals surface area contributed by atoms with Crippen LogP contribution in [0.15, 0.2) is 12.1 Å². The maximum atomic E-state index is 6.06. The third-order valence-electron chi connectivity index (χ3n) is 3.51. The Kier molecular flexibility index (Phi) is 4.24. The first-order chi connectivity index (χ1) is 10.1. The summed E-state index contributed by atoms with van der Waals surface area (Å²) in [6, 6.07) is 4.01. The Morgan fingerprint density at radius 1 is 1.33 bits per heavy atom. The lowest BCUT2D eigenvalue weighted by molar-refractivity contribution is 0.617. The van der Waals surface area contributed by atoms with E-state index in [0.717, 1.165) is 46.5 Å². The molecule has 0 unspecified atom stereocenters. The van der Waals surface area contributed by atoms with Gasteiger partial charge in [0.05, 0.1) is 15.9 Å². The van der Waals surface area contributed by atoms with Crippen molar-refractivity contribution in [2.45, 2.75) is 39.2 Å². The second kappa shape index (κ2) is 5.99. The van der Waals surface area contributed by atoms with Gasteiger partial charge in [-0.1, -0.05) is 11.6 Å². The van der Waals surface area contributed by atoms with Crippen LogP contribution in [0.25, 0.3) is 11.2 Å². The SMILES string of the molecule is CCn1nc(C)c2nc(CCl)n(CCc3ccc(Cl)s3)c21. The molecule has 0 amide bonds. The fourth-order valence-corrected chi connectivity index (χ4v) is 3.82. The van der Waals surface area contributed by atoms with Gasteiger partial charge in [-0.3, -0.25) is 0 Å². The first-order valence-electron chi connectivity index (χ1n) is 6.86. The Bertz CT molecular complexity index is 771. The molecule has 112 valence electrons. The smallest absolute Gasteiger partial charge is 0.158 e.